The molecule has 4 aromatic rings. The normalized spacial score (nSPS) is 11.0. The van der Waals surface area contributed by atoms with Gasteiger partial charge in [0.1, 0.15) is 16.4 Å². The maximum atomic E-state index is 11.6. The standard InChI is InChI=1S/C19H15N3OS/c1-2-17-21-22-16(12-23)18(20-19(22)24-17)15-10-8-14(9-11-15)13-6-4-3-5-7-13/h3-12H,2H2,1H3. The van der Waals surface area contributed by atoms with Gasteiger partial charge in [0.05, 0.1) is 0 Å². The van der Waals surface area contributed by atoms with Crippen LogP contribution in [0.15, 0.2) is 54.6 Å². The molecule has 0 amide bonds. The number of hydrogen-bond donors (Lipinski definition) is 0. The van der Waals surface area contributed by atoms with Crippen molar-refractivity contribution >= 4 is 22.6 Å². The topological polar surface area (TPSA) is 47.3 Å². The van der Waals surface area contributed by atoms with Crippen LogP contribution in [0.4, 0.5) is 0 Å². The van der Waals surface area contributed by atoms with E-state index < -0.39 is 0 Å². The van der Waals surface area contributed by atoms with Crippen molar-refractivity contribution in [3.05, 3.63) is 65.3 Å². The van der Waals surface area contributed by atoms with Gasteiger partial charge in [0.25, 0.3) is 0 Å². The fourth-order valence-electron chi connectivity index (χ4n) is 2.72. The molecule has 0 saturated carbocycles. The lowest BCUT2D eigenvalue weighted by Crippen LogP contribution is -1.94. The molecule has 0 N–H and O–H groups in total. The Morgan fingerprint density at radius 1 is 1.00 bits per heavy atom. The molecule has 0 spiro atoms. The maximum absolute atomic E-state index is 11.6. The number of aryl methyl sites for hydroxylation is 1. The number of aromatic nitrogens is 3. The van der Waals surface area contributed by atoms with Crippen molar-refractivity contribution in [2.24, 2.45) is 0 Å². The van der Waals surface area contributed by atoms with Crippen molar-refractivity contribution < 1.29 is 4.79 Å². The van der Waals surface area contributed by atoms with Gasteiger partial charge in [0.15, 0.2) is 6.29 Å². The monoisotopic (exact) mass is 333 g/mol. The third-order valence-electron chi connectivity index (χ3n) is 3.96. The summed E-state index contributed by atoms with van der Waals surface area (Å²) >= 11 is 1.52. The van der Waals surface area contributed by atoms with E-state index >= 15 is 0 Å². The number of carbonyl (C=O) groups is 1. The van der Waals surface area contributed by atoms with Crippen LogP contribution in [0, 0.1) is 0 Å². The van der Waals surface area contributed by atoms with E-state index in [4.69, 9.17) is 0 Å². The first-order valence-electron chi connectivity index (χ1n) is 7.79. The summed E-state index contributed by atoms with van der Waals surface area (Å²) in [6, 6.07) is 18.3. The summed E-state index contributed by atoms with van der Waals surface area (Å²) in [5.74, 6) is 0. The first-order valence-corrected chi connectivity index (χ1v) is 8.61. The lowest BCUT2D eigenvalue weighted by molar-refractivity contribution is 0.111. The van der Waals surface area contributed by atoms with E-state index in [9.17, 15) is 4.79 Å². The van der Waals surface area contributed by atoms with Gasteiger partial charge >= 0.3 is 0 Å². The van der Waals surface area contributed by atoms with E-state index in [0.717, 1.165) is 33.8 Å². The van der Waals surface area contributed by atoms with Gasteiger partial charge in [-0.15, -0.1) is 0 Å². The van der Waals surface area contributed by atoms with E-state index in [1.165, 1.54) is 16.9 Å². The number of nitrogens with zero attached hydrogens (tertiary/aromatic N) is 3. The average molecular weight is 333 g/mol. The zero-order valence-corrected chi connectivity index (χ0v) is 14.0. The number of rotatable bonds is 4. The Morgan fingerprint density at radius 3 is 2.33 bits per heavy atom. The second-order valence-electron chi connectivity index (χ2n) is 5.45. The van der Waals surface area contributed by atoms with E-state index in [2.05, 4.69) is 34.3 Å². The summed E-state index contributed by atoms with van der Waals surface area (Å²) in [7, 11) is 0. The first-order chi connectivity index (χ1) is 11.8. The molecule has 0 saturated heterocycles. The second-order valence-corrected chi connectivity index (χ2v) is 6.49. The quantitative estimate of drug-likeness (QED) is 0.517. The van der Waals surface area contributed by atoms with Gasteiger partial charge in [-0.3, -0.25) is 4.79 Å². The predicted molar refractivity (Wildman–Crippen MR) is 96.5 cm³/mol. The molecule has 0 aliphatic carbocycles. The Kier molecular flexibility index (Phi) is 3.70. The molecule has 0 atom stereocenters. The van der Waals surface area contributed by atoms with E-state index in [0.29, 0.717) is 11.4 Å². The van der Waals surface area contributed by atoms with Crippen molar-refractivity contribution in [2.45, 2.75) is 13.3 Å². The third-order valence-corrected chi connectivity index (χ3v) is 5.01. The minimum absolute atomic E-state index is 0.508. The molecular weight excluding hydrogens is 318 g/mol. The molecule has 118 valence electrons. The average Bonchev–Trinajstić information content (AvgIpc) is 3.19. The van der Waals surface area contributed by atoms with Crippen molar-refractivity contribution in [3.63, 3.8) is 0 Å². The summed E-state index contributed by atoms with van der Waals surface area (Å²) in [5, 5.41) is 5.43. The molecule has 4 nitrogen and oxygen atoms in total. The Hall–Kier alpha value is -2.79. The number of aldehydes is 1. The van der Waals surface area contributed by atoms with Crippen LogP contribution in [0.1, 0.15) is 22.4 Å². The molecule has 0 unspecified atom stereocenters. The number of hydrogen-bond acceptors (Lipinski definition) is 4. The molecule has 0 bridgehead atoms. The summed E-state index contributed by atoms with van der Waals surface area (Å²) < 4.78 is 1.65. The summed E-state index contributed by atoms with van der Waals surface area (Å²) in [4.78, 5) is 16.9. The minimum atomic E-state index is 0.508. The molecular formula is C19H15N3OS. The van der Waals surface area contributed by atoms with Gasteiger partial charge in [0.2, 0.25) is 4.96 Å². The highest BCUT2D eigenvalue weighted by Gasteiger charge is 2.17. The molecule has 0 fully saturated rings. The number of carbonyl (C=O) groups excluding carboxylic acids is 1. The molecule has 5 heteroatoms. The number of imidazole rings is 1. The van der Waals surface area contributed by atoms with Gasteiger partial charge in [-0.2, -0.15) is 9.61 Å². The van der Waals surface area contributed by atoms with Crippen LogP contribution in [0.25, 0.3) is 27.3 Å². The van der Waals surface area contributed by atoms with E-state index in [1.54, 1.807) is 4.52 Å². The summed E-state index contributed by atoms with van der Waals surface area (Å²) in [6.07, 6.45) is 1.67. The Morgan fingerprint density at radius 2 is 1.67 bits per heavy atom. The van der Waals surface area contributed by atoms with Crippen LogP contribution < -0.4 is 0 Å². The van der Waals surface area contributed by atoms with Crippen LogP contribution in [0.2, 0.25) is 0 Å². The predicted octanol–water partition coefficient (Wildman–Crippen LogP) is 4.50. The highest BCUT2D eigenvalue weighted by molar-refractivity contribution is 7.16. The fourth-order valence-corrected chi connectivity index (χ4v) is 3.56. The third kappa shape index (κ3) is 2.43. The highest BCUT2D eigenvalue weighted by Crippen LogP contribution is 2.28. The van der Waals surface area contributed by atoms with Crippen LogP contribution in [0.3, 0.4) is 0 Å². The van der Waals surface area contributed by atoms with E-state index in [1.807, 2.05) is 37.3 Å². The Balaban J connectivity index is 1.77. The fraction of sp³-hybridized carbons (Fsp3) is 0.105. The van der Waals surface area contributed by atoms with Crippen LogP contribution in [-0.2, 0) is 6.42 Å². The van der Waals surface area contributed by atoms with Crippen molar-refractivity contribution in [1.82, 2.24) is 14.6 Å². The molecule has 0 radical (unpaired) electrons. The molecule has 2 heterocycles. The molecule has 2 aromatic carbocycles. The van der Waals surface area contributed by atoms with Gasteiger partial charge in [-0.1, -0.05) is 72.9 Å². The minimum Gasteiger partial charge on any atom is -0.296 e. The van der Waals surface area contributed by atoms with Crippen molar-refractivity contribution in [3.8, 4) is 22.4 Å². The lowest BCUT2D eigenvalue weighted by Gasteiger charge is -2.03. The Bertz CT molecular complexity index is 1000. The van der Waals surface area contributed by atoms with Crippen molar-refractivity contribution in [2.75, 3.05) is 0 Å². The first kappa shape index (κ1) is 14.8. The highest BCUT2D eigenvalue weighted by atomic mass is 32.1. The SMILES string of the molecule is CCc1nn2c(C=O)c(-c3ccc(-c4ccccc4)cc3)nc2s1. The maximum Gasteiger partial charge on any atom is 0.213 e. The molecule has 0 aliphatic heterocycles. The largest absolute Gasteiger partial charge is 0.296 e. The van der Waals surface area contributed by atoms with Gasteiger partial charge in [-0.05, 0) is 17.5 Å². The zero-order chi connectivity index (χ0) is 16.5. The molecule has 24 heavy (non-hydrogen) atoms. The number of benzene rings is 2. The molecule has 4 rings (SSSR count). The lowest BCUT2D eigenvalue weighted by atomic mass is 10.0. The zero-order valence-electron chi connectivity index (χ0n) is 13.1. The summed E-state index contributed by atoms with van der Waals surface area (Å²) in [6.45, 7) is 2.04. The Labute approximate surface area is 143 Å². The number of fused-ring (bicyclic) bond motifs is 1. The molecule has 0 aliphatic rings. The van der Waals surface area contributed by atoms with Gasteiger partial charge in [-0.25, -0.2) is 4.98 Å². The van der Waals surface area contributed by atoms with Crippen LogP contribution >= 0.6 is 11.3 Å². The summed E-state index contributed by atoms with van der Waals surface area (Å²) in [5.41, 5.74) is 4.42. The second kappa shape index (κ2) is 6.02. The van der Waals surface area contributed by atoms with Crippen LogP contribution in [0.5, 0.6) is 0 Å². The van der Waals surface area contributed by atoms with E-state index in [-0.39, 0.29) is 0 Å². The van der Waals surface area contributed by atoms with Crippen LogP contribution in [-0.4, -0.2) is 20.9 Å². The van der Waals surface area contributed by atoms with Gasteiger partial charge in [0, 0.05) is 5.56 Å². The molecule has 2 aromatic heterocycles. The van der Waals surface area contributed by atoms with Gasteiger partial charge < -0.3 is 0 Å². The van der Waals surface area contributed by atoms with Crippen molar-refractivity contribution in [1.29, 1.82) is 0 Å². The smallest absolute Gasteiger partial charge is 0.213 e.